The molecule has 0 spiro atoms. The molecule has 1 aliphatic heterocycles. The van der Waals surface area contributed by atoms with Crippen LogP contribution in [0.1, 0.15) is 25.3 Å². The SMILES string of the molecule is CC(N)C(=O)NC(Cc1ccc(O)cc1)C(=O)NC(CO)C(=O)N1CCCC1C(=O)O. The number of nitrogens with one attached hydrogen (secondary N) is 2. The number of benzene rings is 1. The molecule has 11 nitrogen and oxygen atoms in total. The maximum Gasteiger partial charge on any atom is 0.326 e. The van der Waals surface area contributed by atoms with E-state index in [4.69, 9.17) is 5.73 Å². The van der Waals surface area contributed by atoms with Gasteiger partial charge >= 0.3 is 5.97 Å². The second-order valence-corrected chi connectivity index (χ2v) is 7.49. The van der Waals surface area contributed by atoms with Crippen molar-refractivity contribution in [2.24, 2.45) is 5.73 Å². The van der Waals surface area contributed by atoms with E-state index < -0.39 is 54.5 Å². The lowest BCUT2D eigenvalue weighted by Gasteiger charge is -2.28. The zero-order valence-electron chi connectivity index (χ0n) is 17.2. The summed E-state index contributed by atoms with van der Waals surface area (Å²) in [6, 6.07) is 1.64. The third kappa shape index (κ3) is 6.40. The van der Waals surface area contributed by atoms with Crippen LogP contribution in [0.15, 0.2) is 24.3 Å². The molecule has 2 rings (SSSR count). The topological polar surface area (TPSA) is 182 Å². The number of hydrogen-bond donors (Lipinski definition) is 6. The van der Waals surface area contributed by atoms with Crippen molar-refractivity contribution >= 4 is 23.7 Å². The van der Waals surface area contributed by atoms with Crippen LogP contribution >= 0.6 is 0 Å². The van der Waals surface area contributed by atoms with E-state index in [1.807, 2.05) is 0 Å². The fourth-order valence-corrected chi connectivity index (χ4v) is 3.33. The second kappa shape index (κ2) is 10.7. The van der Waals surface area contributed by atoms with Gasteiger partial charge in [0.15, 0.2) is 0 Å². The predicted octanol–water partition coefficient (Wildman–Crippen LogP) is -1.68. The molecular formula is C20H28N4O7. The Morgan fingerprint density at radius 3 is 2.29 bits per heavy atom. The van der Waals surface area contributed by atoms with Crippen LogP contribution in [0.3, 0.4) is 0 Å². The maximum absolute atomic E-state index is 12.9. The smallest absolute Gasteiger partial charge is 0.326 e. The molecule has 31 heavy (non-hydrogen) atoms. The number of carbonyl (C=O) groups excluding carboxylic acids is 3. The quantitative estimate of drug-likeness (QED) is 0.265. The van der Waals surface area contributed by atoms with Crippen molar-refractivity contribution in [3.63, 3.8) is 0 Å². The fourth-order valence-electron chi connectivity index (χ4n) is 3.33. The number of amides is 3. The summed E-state index contributed by atoms with van der Waals surface area (Å²) in [5.41, 5.74) is 6.19. The number of aliphatic carboxylic acids is 1. The van der Waals surface area contributed by atoms with E-state index >= 15 is 0 Å². The van der Waals surface area contributed by atoms with Crippen molar-refractivity contribution in [3.05, 3.63) is 29.8 Å². The number of likely N-dealkylation sites (tertiary alicyclic amines) is 1. The first kappa shape index (κ1) is 24.1. The van der Waals surface area contributed by atoms with Crippen LogP contribution in [0.5, 0.6) is 5.75 Å². The van der Waals surface area contributed by atoms with Crippen LogP contribution in [-0.4, -0.2) is 81.2 Å². The maximum atomic E-state index is 12.9. The van der Waals surface area contributed by atoms with E-state index in [2.05, 4.69) is 10.6 Å². The van der Waals surface area contributed by atoms with Gasteiger partial charge in [0.25, 0.3) is 0 Å². The number of carboxylic acid groups (broad SMARTS) is 1. The molecule has 0 radical (unpaired) electrons. The number of phenolic OH excluding ortho intramolecular Hbond substituents is 1. The lowest BCUT2D eigenvalue weighted by molar-refractivity contribution is -0.150. The second-order valence-electron chi connectivity index (χ2n) is 7.49. The summed E-state index contributed by atoms with van der Waals surface area (Å²) < 4.78 is 0. The molecule has 1 heterocycles. The molecule has 1 saturated heterocycles. The molecule has 7 N–H and O–H groups in total. The Morgan fingerprint density at radius 2 is 1.74 bits per heavy atom. The Hall–Kier alpha value is -3.18. The number of aliphatic hydroxyl groups is 1. The van der Waals surface area contributed by atoms with Gasteiger partial charge in [-0.1, -0.05) is 12.1 Å². The Labute approximate surface area is 179 Å². The summed E-state index contributed by atoms with van der Waals surface area (Å²) in [5, 5.41) is 33.3. The van der Waals surface area contributed by atoms with Gasteiger partial charge < -0.3 is 36.6 Å². The van der Waals surface area contributed by atoms with Gasteiger partial charge in [-0.05, 0) is 37.5 Å². The van der Waals surface area contributed by atoms with Crippen molar-refractivity contribution in [3.8, 4) is 5.75 Å². The first-order valence-electron chi connectivity index (χ1n) is 9.92. The van der Waals surface area contributed by atoms with Crippen molar-refractivity contribution in [2.75, 3.05) is 13.2 Å². The van der Waals surface area contributed by atoms with Gasteiger partial charge in [-0.2, -0.15) is 0 Å². The van der Waals surface area contributed by atoms with Crippen molar-refractivity contribution in [1.82, 2.24) is 15.5 Å². The normalized spacial score (nSPS) is 18.7. The lowest BCUT2D eigenvalue weighted by Crippen LogP contribution is -2.58. The molecule has 170 valence electrons. The highest BCUT2D eigenvalue weighted by molar-refractivity contribution is 5.94. The molecule has 1 aromatic rings. The fraction of sp³-hybridized carbons (Fsp3) is 0.500. The van der Waals surface area contributed by atoms with E-state index in [1.165, 1.54) is 19.1 Å². The number of nitrogens with two attached hydrogens (primary N) is 1. The number of rotatable bonds is 9. The number of phenols is 1. The molecule has 0 saturated carbocycles. The molecule has 0 bridgehead atoms. The zero-order valence-corrected chi connectivity index (χ0v) is 17.2. The molecule has 3 amide bonds. The Morgan fingerprint density at radius 1 is 1.13 bits per heavy atom. The zero-order chi connectivity index (χ0) is 23.1. The molecule has 1 aliphatic rings. The van der Waals surface area contributed by atoms with Crippen LogP contribution in [-0.2, 0) is 25.6 Å². The van der Waals surface area contributed by atoms with Gasteiger partial charge in [-0.15, -0.1) is 0 Å². The lowest BCUT2D eigenvalue weighted by atomic mass is 10.0. The van der Waals surface area contributed by atoms with Gasteiger partial charge in [0.05, 0.1) is 12.6 Å². The summed E-state index contributed by atoms with van der Waals surface area (Å²) >= 11 is 0. The van der Waals surface area contributed by atoms with Crippen LogP contribution in [0.4, 0.5) is 0 Å². The molecule has 1 fully saturated rings. The van der Waals surface area contributed by atoms with Crippen molar-refractivity contribution in [2.45, 2.75) is 50.4 Å². The number of carbonyl (C=O) groups is 4. The number of aromatic hydroxyl groups is 1. The predicted molar refractivity (Wildman–Crippen MR) is 109 cm³/mol. The third-order valence-electron chi connectivity index (χ3n) is 5.04. The summed E-state index contributed by atoms with van der Waals surface area (Å²) in [6.45, 7) is 0.922. The average Bonchev–Trinajstić information content (AvgIpc) is 3.22. The molecule has 0 aliphatic carbocycles. The first-order chi connectivity index (χ1) is 14.6. The Bertz CT molecular complexity index is 812. The Kier molecular flexibility index (Phi) is 8.34. The summed E-state index contributed by atoms with van der Waals surface area (Å²) in [4.78, 5) is 50.1. The van der Waals surface area contributed by atoms with Crippen molar-refractivity contribution < 1.29 is 34.5 Å². The monoisotopic (exact) mass is 436 g/mol. The summed E-state index contributed by atoms with van der Waals surface area (Å²) in [7, 11) is 0. The molecule has 11 heteroatoms. The molecular weight excluding hydrogens is 408 g/mol. The minimum absolute atomic E-state index is 0.0360. The van der Waals surface area contributed by atoms with Crippen LogP contribution < -0.4 is 16.4 Å². The van der Waals surface area contributed by atoms with Crippen LogP contribution in [0, 0.1) is 0 Å². The van der Waals surface area contributed by atoms with Crippen molar-refractivity contribution in [1.29, 1.82) is 0 Å². The summed E-state index contributed by atoms with van der Waals surface area (Å²) in [6.07, 6.45) is 0.836. The average molecular weight is 436 g/mol. The Balaban J connectivity index is 2.15. The minimum atomic E-state index is -1.36. The van der Waals surface area contributed by atoms with E-state index in [0.29, 0.717) is 18.4 Å². The molecule has 0 aromatic heterocycles. The van der Waals surface area contributed by atoms with E-state index in [1.54, 1.807) is 12.1 Å². The highest BCUT2D eigenvalue weighted by Crippen LogP contribution is 2.18. The highest BCUT2D eigenvalue weighted by atomic mass is 16.4. The first-order valence-corrected chi connectivity index (χ1v) is 9.92. The summed E-state index contributed by atoms with van der Waals surface area (Å²) in [5.74, 6) is -3.14. The minimum Gasteiger partial charge on any atom is -0.508 e. The van der Waals surface area contributed by atoms with Crippen LogP contribution in [0.25, 0.3) is 0 Å². The van der Waals surface area contributed by atoms with Gasteiger partial charge in [-0.3, -0.25) is 14.4 Å². The largest absolute Gasteiger partial charge is 0.508 e. The van der Waals surface area contributed by atoms with E-state index in [0.717, 1.165) is 4.90 Å². The standard InChI is InChI=1S/C20H28N4O7/c1-11(21)17(27)22-14(9-12-4-6-13(26)7-5-12)18(28)23-15(10-25)19(29)24-8-2-3-16(24)20(30)31/h4-7,11,14-16,25-26H,2-3,8-10,21H2,1H3,(H,22,27)(H,23,28)(H,30,31). The molecule has 4 atom stereocenters. The number of nitrogens with zero attached hydrogens (tertiary/aromatic N) is 1. The van der Waals surface area contributed by atoms with Gasteiger partial charge in [0, 0.05) is 13.0 Å². The number of hydrogen-bond acceptors (Lipinski definition) is 7. The molecule has 1 aromatic carbocycles. The van der Waals surface area contributed by atoms with Gasteiger partial charge in [0.1, 0.15) is 23.9 Å². The van der Waals surface area contributed by atoms with Gasteiger partial charge in [-0.25, -0.2) is 4.79 Å². The number of aliphatic hydroxyl groups excluding tert-OH is 1. The third-order valence-corrected chi connectivity index (χ3v) is 5.04. The highest BCUT2D eigenvalue weighted by Gasteiger charge is 2.38. The number of carboxylic acids is 1. The molecule has 4 unspecified atom stereocenters. The van der Waals surface area contributed by atoms with Crippen LogP contribution in [0.2, 0.25) is 0 Å². The van der Waals surface area contributed by atoms with E-state index in [9.17, 15) is 34.5 Å². The van der Waals surface area contributed by atoms with Gasteiger partial charge in [0.2, 0.25) is 17.7 Å². The van der Waals surface area contributed by atoms with E-state index in [-0.39, 0.29) is 18.7 Å².